The van der Waals surface area contributed by atoms with Crippen molar-refractivity contribution in [3.63, 3.8) is 0 Å². The van der Waals surface area contributed by atoms with E-state index in [-0.39, 0.29) is 11.9 Å². The first-order valence-corrected chi connectivity index (χ1v) is 9.77. The molecule has 2 aliphatic rings. The fourth-order valence-electron chi connectivity index (χ4n) is 3.92. The van der Waals surface area contributed by atoms with Crippen molar-refractivity contribution in [1.29, 1.82) is 0 Å². The molecule has 144 valence electrons. The van der Waals surface area contributed by atoms with Crippen LogP contribution >= 0.6 is 0 Å². The molecule has 3 heterocycles. The number of hydrogen-bond acceptors (Lipinski definition) is 3. The molecule has 7 nitrogen and oxygen atoms in total. The number of hydrogen-bond donors (Lipinski definition) is 1. The van der Waals surface area contributed by atoms with E-state index in [0.717, 1.165) is 58.9 Å². The topological polar surface area (TPSA) is 60.8 Å². The molecule has 1 aromatic carbocycles. The number of carbonyl (C=O) groups is 2. The van der Waals surface area contributed by atoms with Crippen molar-refractivity contribution in [1.82, 2.24) is 24.6 Å². The van der Waals surface area contributed by atoms with E-state index < -0.39 is 0 Å². The molecule has 2 aromatic rings. The summed E-state index contributed by atoms with van der Waals surface area (Å²) in [5.41, 5.74) is 1.18. The molecule has 0 saturated carbocycles. The van der Waals surface area contributed by atoms with E-state index in [1.165, 1.54) is 10.9 Å². The highest BCUT2D eigenvalue weighted by Crippen LogP contribution is 2.16. The van der Waals surface area contributed by atoms with Crippen LogP contribution in [0.3, 0.4) is 0 Å². The van der Waals surface area contributed by atoms with Gasteiger partial charge in [-0.2, -0.15) is 0 Å². The van der Waals surface area contributed by atoms with Crippen LogP contribution in [0, 0.1) is 0 Å². The summed E-state index contributed by atoms with van der Waals surface area (Å²) in [6, 6.07) is 10.4. The third-order valence-corrected chi connectivity index (χ3v) is 5.60. The lowest BCUT2D eigenvalue weighted by Crippen LogP contribution is -2.50. The second-order valence-electron chi connectivity index (χ2n) is 7.26. The number of rotatable bonds is 6. The molecule has 0 aliphatic carbocycles. The van der Waals surface area contributed by atoms with Gasteiger partial charge in [0.1, 0.15) is 0 Å². The first-order valence-electron chi connectivity index (χ1n) is 9.77. The Morgan fingerprint density at radius 3 is 2.56 bits per heavy atom. The Morgan fingerprint density at radius 1 is 0.963 bits per heavy atom. The van der Waals surface area contributed by atoms with E-state index in [4.69, 9.17) is 0 Å². The Hall–Kier alpha value is -2.54. The van der Waals surface area contributed by atoms with Crippen LogP contribution in [0.4, 0.5) is 4.79 Å². The average Bonchev–Trinajstić information content (AvgIpc) is 3.31. The van der Waals surface area contributed by atoms with Crippen molar-refractivity contribution in [2.45, 2.75) is 13.0 Å². The van der Waals surface area contributed by atoms with Crippen molar-refractivity contribution in [2.75, 3.05) is 52.4 Å². The van der Waals surface area contributed by atoms with Crippen molar-refractivity contribution >= 4 is 22.8 Å². The maximum atomic E-state index is 12.6. The number of nitrogens with zero attached hydrogens (tertiary/aromatic N) is 4. The fraction of sp³-hybridized carbons (Fsp3) is 0.500. The van der Waals surface area contributed by atoms with E-state index in [9.17, 15) is 9.59 Å². The zero-order valence-corrected chi connectivity index (χ0v) is 15.6. The van der Waals surface area contributed by atoms with Crippen molar-refractivity contribution in [3.05, 3.63) is 36.5 Å². The number of aryl methyl sites for hydroxylation is 1. The Bertz CT molecular complexity index is 810. The second-order valence-corrected chi connectivity index (χ2v) is 7.26. The SMILES string of the molecule is O=C(CCn1ccc2ccccc21)N1CCN(CCN2CCNC2=O)CC1. The predicted molar refractivity (Wildman–Crippen MR) is 105 cm³/mol. The zero-order valence-electron chi connectivity index (χ0n) is 15.6. The summed E-state index contributed by atoms with van der Waals surface area (Å²) >= 11 is 0. The average molecular weight is 369 g/mol. The minimum absolute atomic E-state index is 0.0429. The number of urea groups is 1. The van der Waals surface area contributed by atoms with E-state index >= 15 is 0 Å². The summed E-state index contributed by atoms with van der Waals surface area (Å²) in [5, 5.41) is 4.04. The first kappa shape index (κ1) is 17.9. The third kappa shape index (κ3) is 4.08. The van der Waals surface area contributed by atoms with Gasteiger partial charge in [0, 0.05) is 77.0 Å². The highest BCUT2D eigenvalue weighted by atomic mass is 16.2. The van der Waals surface area contributed by atoms with Gasteiger partial charge in [-0.1, -0.05) is 18.2 Å². The van der Waals surface area contributed by atoms with Crippen LogP contribution in [0.5, 0.6) is 0 Å². The van der Waals surface area contributed by atoms with Crippen LogP contribution in [0.25, 0.3) is 10.9 Å². The number of amides is 3. The molecule has 1 aromatic heterocycles. The maximum absolute atomic E-state index is 12.6. The summed E-state index contributed by atoms with van der Waals surface area (Å²) in [6.45, 7) is 7.22. The molecule has 2 aliphatic heterocycles. The predicted octanol–water partition coefficient (Wildman–Crippen LogP) is 1.20. The van der Waals surface area contributed by atoms with Gasteiger partial charge in [-0.25, -0.2) is 4.79 Å². The Balaban J connectivity index is 1.21. The summed E-state index contributed by atoms with van der Waals surface area (Å²) in [5.74, 6) is 0.228. The standard InChI is InChI=1S/C20H27N5O2/c26-19(6-9-23-8-5-17-3-1-2-4-18(17)23)24-14-11-22(12-15-24)13-16-25-10-7-21-20(25)27/h1-5,8H,6-7,9-16H2,(H,21,27). The number of nitrogens with one attached hydrogen (secondary N) is 1. The molecule has 27 heavy (non-hydrogen) atoms. The molecular formula is C20H27N5O2. The summed E-state index contributed by atoms with van der Waals surface area (Å²) in [6.07, 6.45) is 2.59. The Morgan fingerprint density at radius 2 is 1.78 bits per heavy atom. The van der Waals surface area contributed by atoms with Gasteiger partial charge in [0.05, 0.1) is 0 Å². The summed E-state index contributed by atoms with van der Waals surface area (Å²) in [7, 11) is 0. The maximum Gasteiger partial charge on any atom is 0.317 e. The van der Waals surface area contributed by atoms with Gasteiger partial charge in [-0.05, 0) is 17.5 Å². The molecule has 1 N–H and O–H groups in total. The van der Waals surface area contributed by atoms with Crippen LogP contribution < -0.4 is 5.32 Å². The van der Waals surface area contributed by atoms with E-state index in [2.05, 4.69) is 39.2 Å². The number of carbonyl (C=O) groups excluding carboxylic acids is 2. The van der Waals surface area contributed by atoms with E-state index in [0.29, 0.717) is 6.42 Å². The molecular weight excluding hydrogens is 342 g/mol. The highest BCUT2D eigenvalue weighted by molar-refractivity contribution is 5.80. The largest absolute Gasteiger partial charge is 0.347 e. The van der Waals surface area contributed by atoms with Crippen LogP contribution in [0.15, 0.2) is 36.5 Å². The lowest BCUT2D eigenvalue weighted by atomic mass is 10.2. The summed E-state index contributed by atoms with van der Waals surface area (Å²) in [4.78, 5) is 30.3. The fourth-order valence-corrected chi connectivity index (χ4v) is 3.92. The van der Waals surface area contributed by atoms with Crippen LogP contribution in [0.1, 0.15) is 6.42 Å². The number of aromatic nitrogens is 1. The quantitative estimate of drug-likeness (QED) is 0.832. The molecule has 0 radical (unpaired) electrons. The Kier molecular flexibility index (Phi) is 5.29. The first-order chi connectivity index (χ1) is 13.2. The van der Waals surface area contributed by atoms with Crippen LogP contribution in [0.2, 0.25) is 0 Å². The van der Waals surface area contributed by atoms with Crippen LogP contribution in [-0.2, 0) is 11.3 Å². The smallest absolute Gasteiger partial charge is 0.317 e. The van der Waals surface area contributed by atoms with Crippen molar-refractivity contribution in [3.8, 4) is 0 Å². The second kappa shape index (κ2) is 8.00. The molecule has 2 fully saturated rings. The lowest BCUT2D eigenvalue weighted by Gasteiger charge is -2.35. The lowest BCUT2D eigenvalue weighted by molar-refractivity contribution is -0.133. The molecule has 0 spiro atoms. The molecule has 0 atom stereocenters. The monoisotopic (exact) mass is 369 g/mol. The van der Waals surface area contributed by atoms with Crippen molar-refractivity contribution < 1.29 is 9.59 Å². The number of benzene rings is 1. The Labute approximate surface area is 159 Å². The van der Waals surface area contributed by atoms with Gasteiger partial charge >= 0.3 is 6.03 Å². The molecule has 0 unspecified atom stereocenters. The molecule has 3 amide bonds. The number of fused-ring (bicyclic) bond motifs is 1. The zero-order chi connectivity index (χ0) is 18.6. The molecule has 2 saturated heterocycles. The highest BCUT2D eigenvalue weighted by Gasteiger charge is 2.23. The number of piperazine rings is 1. The normalized spacial score (nSPS) is 18.3. The third-order valence-electron chi connectivity index (χ3n) is 5.60. The summed E-state index contributed by atoms with van der Waals surface area (Å²) < 4.78 is 2.16. The molecule has 4 rings (SSSR count). The van der Waals surface area contributed by atoms with E-state index in [1.807, 2.05) is 21.9 Å². The molecule has 7 heteroatoms. The minimum Gasteiger partial charge on any atom is -0.347 e. The molecule has 0 bridgehead atoms. The minimum atomic E-state index is 0.0429. The number of para-hydroxylation sites is 1. The van der Waals surface area contributed by atoms with Gasteiger partial charge in [-0.3, -0.25) is 9.69 Å². The van der Waals surface area contributed by atoms with E-state index in [1.54, 1.807) is 0 Å². The van der Waals surface area contributed by atoms with Gasteiger partial charge in [0.2, 0.25) is 5.91 Å². The van der Waals surface area contributed by atoms with Gasteiger partial charge < -0.3 is 19.7 Å². The van der Waals surface area contributed by atoms with Crippen molar-refractivity contribution in [2.24, 2.45) is 0 Å². The van der Waals surface area contributed by atoms with Gasteiger partial charge in [-0.15, -0.1) is 0 Å². The van der Waals surface area contributed by atoms with Gasteiger partial charge in [0.15, 0.2) is 0 Å². The van der Waals surface area contributed by atoms with Crippen LogP contribution in [-0.4, -0.2) is 83.6 Å². The van der Waals surface area contributed by atoms with Gasteiger partial charge in [0.25, 0.3) is 0 Å².